The number of carboxylic acids is 1. The number of carboxylic acid groups (broad SMARTS) is 1. The summed E-state index contributed by atoms with van der Waals surface area (Å²) in [7, 11) is 0. The summed E-state index contributed by atoms with van der Waals surface area (Å²) in [6, 6.07) is 10.2. The van der Waals surface area contributed by atoms with Crippen molar-refractivity contribution in [3.63, 3.8) is 0 Å². The predicted molar refractivity (Wildman–Crippen MR) is 122 cm³/mol. The number of halogens is 2. The molecule has 1 aromatic heterocycles. The van der Waals surface area contributed by atoms with Crippen LogP contribution in [0, 0.1) is 11.2 Å². The number of nitrogens with zero attached hydrogens (tertiary/aromatic N) is 1. The van der Waals surface area contributed by atoms with Crippen molar-refractivity contribution in [1.29, 1.82) is 5.41 Å². The average molecular weight is 486 g/mol. The van der Waals surface area contributed by atoms with E-state index >= 15 is 0 Å². The number of aliphatic carboxylic acids is 1. The van der Waals surface area contributed by atoms with Crippen LogP contribution in [0.25, 0.3) is 0 Å². The molecule has 10 nitrogen and oxygen atoms in total. The molecule has 0 radical (unpaired) electrons. The second kappa shape index (κ2) is 10.4. The lowest BCUT2D eigenvalue weighted by Crippen LogP contribution is -2.20. The number of nitrogen functional groups attached to an aromatic ring is 1. The largest absolute Gasteiger partial charge is 0.482 e. The van der Waals surface area contributed by atoms with Crippen LogP contribution in [0.2, 0.25) is 5.02 Å². The van der Waals surface area contributed by atoms with Gasteiger partial charge in [-0.25, -0.2) is 14.2 Å². The maximum atomic E-state index is 14.4. The van der Waals surface area contributed by atoms with Crippen LogP contribution >= 0.6 is 11.6 Å². The first-order valence-electron chi connectivity index (χ1n) is 9.51. The molecule has 12 heteroatoms. The number of pyridine rings is 1. The van der Waals surface area contributed by atoms with Gasteiger partial charge in [0.25, 0.3) is 11.8 Å². The quantitative estimate of drug-likeness (QED) is 0.241. The molecule has 0 spiro atoms. The number of hydrogen-bond donors (Lipinski definition) is 5. The van der Waals surface area contributed by atoms with Crippen LogP contribution in [0.3, 0.4) is 0 Å². The smallest absolute Gasteiger partial charge is 0.341 e. The van der Waals surface area contributed by atoms with Gasteiger partial charge >= 0.3 is 5.97 Å². The van der Waals surface area contributed by atoms with Gasteiger partial charge in [0, 0.05) is 11.8 Å². The van der Waals surface area contributed by atoms with E-state index in [0.29, 0.717) is 5.02 Å². The highest BCUT2D eigenvalue weighted by Gasteiger charge is 2.19. The van der Waals surface area contributed by atoms with Gasteiger partial charge in [0.2, 0.25) is 0 Å². The third-order valence-electron chi connectivity index (χ3n) is 4.34. The number of hydrogen-bond acceptors (Lipinski definition) is 6. The van der Waals surface area contributed by atoms with E-state index in [4.69, 9.17) is 32.6 Å². The minimum Gasteiger partial charge on any atom is -0.482 e. The maximum absolute atomic E-state index is 14.4. The first-order chi connectivity index (χ1) is 16.1. The Morgan fingerprint density at radius 2 is 1.79 bits per heavy atom. The van der Waals surface area contributed by atoms with E-state index in [9.17, 15) is 18.8 Å². The summed E-state index contributed by atoms with van der Waals surface area (Å²) in [5.74, 6) is -3.87. The number of anilines is 2. The normalized spacial score (nSPS) is 10.3. The van der Waals surface area contributed by atoms with Crippen LogP contribution in [-0.4, -0.2) is 40.3 Å². The second-order valence-electron chi connectivity index (χ2n) is 6.77. The minimum atomic E-state index is -1.22. The maximum Gasteiger partial charge on any atom is 0.341 e. The van der Waals surface area contributed by atoms with Gasteiger partial charge < -0.3 is 26.2 Å². The van der Waals surface area contributed by atoms with Crippen LogP contribution in [0.1, 0.15) is 26.3 Å². The SMILES string of the molecule is N=C(N)c1ccc(C(=O)Nc2ccc(OCC(=O)O)cc2C(=O)Nc2ccc(Cl)cn2)c(F)c1. The number of amides is 2. The van der Waals surface area contributed by atoms with Gasteiger partial charge in [-0.2, -0.15) is 0 Å². The summed E-state index contributed by atoms with van der Waals surface area (Å²) in [4.78, 5) is 40.3. The van der Waals surface area contributed by atoms with Crippen LogP contribution in [0.15, 0.2) is 54.7 Å². The van der Waals surface area contributed by atoms with Crippen molar-refractivity contribution in [3.8, 4) is 5.75 Å². The Labute approximate surface area is 197 Å². The summed E-state index contributed by atoms with van der Waals surface area (Å²) in [6.07, 6.45) is 1.32. The molecule has 2 aromatic carbocycles. The number of aromatic nitrogens is 1. The number of nitrogens with one attached hydrogen (secondary N) is 3. The van der Waals surface area contributed by atoms with Gasteiger partial charge in [0.15, 0.2) is 6.61 Å². The molecule has 6 N–H and O–H groups in total. The number of ether oxygens (including phenoxy) is 1. The molecule has 1 heterocycles. The van der Waals surface area contributed by atoms with Crippen molar-refractivity contribution in [2.24, 2.45) is 5.73 Å². The molecule has 34 heavy (non-hydrogen) atoms. The lowest BCUT2D eigenvalue weighted by molar-refractivity contribution is -0.139. The Bertz CT molecular complexity index is 1280. The molecule has 0 unspecified atom stereocenters. The standard InChI is InChI=1S/C22H17ClFN5O5/c23-12-2-6-18(27-9-12)29-22(33)15-8-13(34-10-19(30)31)3-5-17(15)28-21(32)14-4-1-11(20(25)26)7-16(14)24/h1-9H,10H2,(H3,25,26)(H,28,32)(H,30,31)(H,27,29,33). The zero-order chi connectivity index (χ0) is 24.8. The fraction of sp³-hybridized carbons (Fsp3) is 0.0455. The Balaban J connectivity index is 1.91. The molecule has 2 amide bonds. The summed E-state index contributed by atoms with van der Waals surface area (Å²) < 4.78 is 19.5. The highest BCUT2D eigenvalue weighted by atomic mass is 35.5. The lowest BCUT2D eigenvalue weighted by atomic mass is 10.1. The molecule has 0 saturated carbocycles. The van der Waals surface area contributed by atoms with Crippen molar-refractivity contribution in [1.82, 2.24) is 4.98 Å². The van der Waals surface area contributed by atoms with E-state index in [1.165, 1.54) is 42.6 Å². The van der Waals surface area contributed by atoms with Crippen LogP contribution in [0.4, 0.5) is 15.9 Å². The van der Waals surface area contributed by atoms with Gasteiger partial charge in [0.05, 0.1) is 21.8 Å². The number of rotatable bonds is 8. The Kier molecular flexibility index (Phi) is 7.39. The van der Waals surface area contributed by atoms with Gasteiger partial charge in [-0.1, -0.05) is 17.7 Å². The van der Waals surface area contributed by atoms with Gasteiger partial charge in [-0.3, -0.25) is 15.0 Å². The monoisotopic (exact) mass is 485 g/mol. The number of carbonyl (C=O) groups is 3. The van der Waals surface area contributed by atoms with Crippen molar-refractivity contribution in [2.75, 3.05) is 17.2 Å². The lowest BCUT2D eigenvalue weighted by Gasteiger charge is -2.14. The molecule has 3 rings (SSSR count). The third-order valence-corrected chi connectivity index (χ3v) is 4.56. The van der Waals surface area contributed by atoms with Crippen LogP contribution in [-0.2, 0) is 4.79 Å². The molecule has 0 saturated heterocycles. The molecule has 3 aromatic rings. The topological polar surface area (TPSA) is 167 Å². The number of benzene rings is 2. The number of nitrogens with two attached hydrogens (primary N) is 1. The molecular weight excluding hydrogens is 469 g/mol. The molecule has 0 aliphatic heterocycles. The average Bonchev–Trinajstić information content (AvgIpc) is 2.79. The van der Waals surface area contributed by atoms with E-state index in [1.807, 2.05) is 0 Å². The zero-order valence-electron chi connectivity index (χ0n) is 17.3. The van der Waals surface area contributed by atoms with Gasteiger partial charge in [-0.05, 0) is 42.5 Å². The van der Waals surface area contributed by atoms with Crippen LogP contribution < -0.4 is 21.1 Å². The Morgan fingerprint density at radius 3 is 2.41 bits per heavy atom. The third kappa shape index (κ3) is 6.04. The fourth-order valence-electron chi connectivity index (χ4n) is 2.74. The van der Waals surface area contributed by atoms with Crippen molar-refractivity contribution in [2.45, 2.75) is 0 Å². The Morgan fingerprint density at radius 1 is 1.06 bits per heavy atom. The molecule has 0 bridgehead atoms. The fourth-order valence-corrected chi connectivity index (χ4v) is 2.86. The minimum absolute atomic E-state index is 0.00539. The summed E-state index contributed by atoms with van der Waals surface area (Å²) in [5.41, 5.74) is 4.97. The number of amidine groups is 1. The van der Waals surface area contributed by atoms with Gasteiger partial charge in [-0.15, -0.1) is 0 Å². The van der Waals surface area contributed by atoms with Crippen molar-refractivity contribution >= 4 is 46.7 Å². The molecule has 0 atom stereocenters. The van der Waals surface area contributed by atoms with E-state index in [-0.39, 0.29) is 39.8 Å². The molecule has 0 aliphatic rings. The molecule has 174 valence electrons. The van der Waals surface area contributed by atoms with E-state index in [0.717, 1.165) is 12.1 Å². The first kappa shape index (κ1) is 24.1. The van der Waals surface area contributed by atoms with Crippen molar-refractivity contribution in [3.05, 3.63) is 82.3 Å². The van der Waals surface area contributed by atoms with Crippen LogP contribution in [0.5, 0.6) is 5.75 Å². The summed E-state index contributed by atoms with van der Waals surface area (Å²) in [5, 5.41) is 21.5. The van der Waals surface area contributed by atoms with E-state index in [2.05, 4.69) is 15.6 Å². The summed E-state index contributed by atoms with van der Waals surface area (Å²) in [6.45, 7) is -0.654. The van der Waals surface area contributed by atoms with Crippen molar-refractivity contribution < 1.29 is 28.6 Å². The van der Waals surface area contributed by atoms with Gasteiger partial charge in [0.1, 0.15) is 23.2 Å². The van der Waals surface area contributed by atoms with E-state index in [1.54, 1.807) is 0 Å². The van der Waals surface area contributed by atoms with E-state index < -0.39 is 30.2 Å². The second-order valence-corrected chi connectivity index (χ2v) is 7.20. The molecule has 0 fully saturated rings. The first-order valence-corrected chi connectivity index (χ1v) is 9.88. The highest BCUT2D eigenvalue weighted by molar-refractivity contribution is 6.30. The predicted octanol–water partition coefficient (Wildman–Crippen LogP) is 3.13. The molecular formula is C22H17ClFN5O5. The number of carbonyl (C=O) groups excluding carboxylic acids is 2. The Hall–Kier alpha value is -4.51. The summed E-state index contributed by atoms with van der Waals surface area (Å²) >= 11 is 5.79. The zero-order valence-corrected chi connectivity index (χ0v) is 18.0. The highest BCUT2D eigenvalue weighted by Crippen LogP contribution is 2.25. The molecule has 0 aliphatic carbocycles.